The van der Waals surface area contributed by atoms with Crippen LogP contribution in [0.5, 0.6) is 0 Å². The molecule has 0 N–H and O–H groups in total. The fourth-order valence-electron chi connectivity index (χ4n) is 3.23. The van der Waals surface area contributed by atoms with E-state index in [0.29, 0.717) is 0 Å². The van der Waals surface area contributed by atoms with Crippen LogP contribution in [-0.4, -0.2) is 51.3 Å². The quantitative estimate of drug-likeness (QED) is 0.256. The van der Waals surface area contributed by atoms with Crippen molar-refractivity contribution in [1.82, 2.24) is 0 Å². The number of carbonyl (C=O) groups excluding carboxylic acids is 3. The third kappa shape index (κ3) is 6.64. The van der Waals surface area contributed by atoms with E-state index >= 15 is 0 Å². The number of non-ortho nitro benzene ring substituents is 1. The van der Waals surface area contributed by atoms with Crippen LogP contribution < -0.4 is 0 Å². The number of nitrogens with zero attached hydrogens (tertiary/aromatic N) is 2. The number of hydrogen-bond donors (Lipinski definition) is 0. The van der Waals surface area contributed by atoms with Crippen molar-refractivity contribution in [3.8, 4) is 0 Å². The van der Waals surface area contributed by atoms with Crippen molar-refractivity contribution >= 4 is 41.0 Å². The summed E-state index contributed by atoms with van der Waals surface area (Å²) in [7, 11) is 0. The first-order chi connectivity index (χ1) is 14.5. The minimum Gasteiger partial charge on any atom is -0.461 e. The molecule has 0 amide bonds. The van der Waals surface area contributed by atoms with E-state index in [0.717, 1.165) is 23.9 Å². The summed E-state index contributed by atoms with van der Waals surface area (Å²) in [5, 5.41) is 21.8. The molecule has 1 fully saturated rings. The van der Waals surface area contributed by atoms with Gasteiger partial charge in [-0.25, -0.2) is 0 Å². The van der Waals surface area contributed by atoms with E-state index in [1.165, 1.54) is 26.8 Å². The Morgan fingerprint density at radius 1 is 0.871 bits per heavy atom. The van der Waals surface area contributed by atoms with Crippen molar-refractivity contribution in [2.24, 2.45) is 0 Å². The predicted octanol–water partition coefficient (Wildman–Crippen LogP) is 2.55. The smallest absolute Gasteiger partial charge is 0.303 e. The number of nitro benzene ring substituents is 2. The first-order valence-electron chi connectivity index (χ1n) is 9.09. The van der Waals surface area contributed by atoms with Gasteiger partial charge in [0.2, 0.25) is 0 Å². The van der Waals surface area contributed by atoms with Crippen molar-refractivity contribution in [1.29, 1.82) is 0 Å². The molecule has 1 saturated carbocycles. The van der Waals surface area contributed by atoms with Gasteiger partial charge in [-0.3, -0.25) is 34.6 Å². The molecule has 1 aromatic carbocycles. The number of benzene rings is 1. The Hall–Kier alpha value is -3.22. The third-order valence-corrected chi connectivity index (χ3v) is 5.74. The van der Waals surface area contributed by atoms with Gasteiger partial charge in [0.05, 0.1) is 26.1 Å². The van der Waals surface area contributed by atoms with Gasteiger partial charge in [-0.1, -0.05) is 0 Å². The van der Waals surface area contributed by atoms with Crippen LogP contribution in [0.3, 0.4) is 0 Å². The molecule has 13 heteroatoms. The van der Waals surface area contributed by atoms with Crippen LogP contribution in [0.4, 0.5) is 11.4 Å². The zero-order valence-electron chi connectivity index (χ0n) is 16.8. The zero-order chi connectivity index (χ0) is 23.3. The summed E-state index contributed by atoms with van der Waals surface area (Å²) in [6.07, 6.45) is -2.46. The van der Waals surface area contributed by atoms with Gasteiger partial charge >= 0.3 is 17.9 Å². The summed E-state index contributed by atoms with van der Waals surface area (Å²) in [6.45, 7) is 3.56. The Morgan fingerprint density at radius 2 is 1.39 bits per heavy atom. The van der Waals surface area contributed by atoms with Gasteiger partial charge in [-0.05, 0) is 6.07 Å². The average Bonchev–Trinajstić information content (AvgIpc) is 2.63. The number of hydrogen-bond acceptors (Lipinski definition) is 11. The van der Waals surface area contributed by atoms with Crippen molar-refractivity contribution in [3.05, 3.63) is 38.4 Å². The van der Waals surface area contributed by atoms with E-state index in [2.05, 4.69) is 0 Å². The fourth-order valence-corrected chi connectivity index (χ4v) is 4.56. The lowest BCUT2D eigenvalue weighted by molar-refractivity contribution is -0.396. The normalized spacial score (nSPS) is 22.8. The molecule has 4 atom stereocenters. The predicted molar refractivity (Wildman–Crippen MR) is 105 cm³/mol. The van der Waals surface area contributed by atoms with E-state index in [4.69, 9.17) is 14.2 Å². The second-order valence-electron chi connectivity index (χ2n) is 6.74. The summed E-state index contributed by atoms with van der Waals surface area (Å²) >= 11 is 0.968. The molecule has 2 rings (SSSR count). The molecule has 0 aliphatic heterocycles. The topological polar surface area (TPSA) is 165 Å². The van der Waals surface area contributed by atoms with Gasteiger partial charge in [0.1, 0.15) is 18.3 Å². The molecule has 1 aliphatic carbocycles. The largest absolute Gasteiger partial charge is 0.461 e. The highest BCUT2D eigenvalue weighted by Crippen LogP contribution is 2.42. The first kappa shape index (κ1) is 24.1. The highest BCUT2D eigenvalue weighted by atomic mass is 32.2. The molecule has 1 aromatic rings. The maximum absolute atomic E-state index is 11.6. The standard InChI is InChI=1S/C18H20N2O10S/c1-9(21)28-14-7-16(30-11(3)23)18(8-15(14)29-10(2)22)31-17-5-4-12(19(24)25)6-13(17)20(26)27/h4-6,14-16,18H,7-8H2,1-3H3/t14-,15+,16+,18+/m0/s1. The number of carbonyl (C=O) groups is 3. The molecule has 1 aliphatic rings. The van der Waals surface area contributed by atoms with Crippen LogP contribution in [0.25, 0.3) is 0 Å². The molecule has 168 valence electrons. The van der Waals surface area contributed by atoms with Crippen LogP contribution in [-0.2, 0) is 28.6 Å². The lowest BCUT2D eigenvalue weighted by Gasteiger charge is -2.39. The first-order valence-corrected chi connectivity index (χ1v) is 9.97. The maximum atomic E-state index is 11.6. The third-order valence-electron chi connectivity index (χ3n) is 4.34. The van der Waals surface area contributed by atoms with Crippen LogP contribution in [0, 0.1) is 20.2 Å². The molecular formula is C18H20N2O10S. The number of esters is 3. The second kappa shape index (κ2) is 10.2. The number of ether oxygens (including phenoxy) is 3. The number of thioether (sulfide) groups is 1. The van der Waals surface area contributed by atoms with Gasteiger partial charge in [-0.15, -0.1) is 11.8 Å². The van der Waals surface area contributed by atoms with Crippen molar-refractivity contribution < 1.29 is 38.4 Å². The van der Waals surface area contributed by atoms with E-state index in [-0.39, 0.29) is 17.7 Å². The van der Waals surface area contributed by atoms with E-state index < -0.39 is 62.7 Å². The number of rotatable bonds is 7. The summed E-state index contributed by atoms with van der Waals surface area (Å²) < 4.78 is 15.8. The Labute approximate surface area is 180 Å². The SMILES string of the molecule is CC(=O)O[C@H]1C[C@@H](OC(C)=O)[C@H](Sc2ccc([N+](=O)[O-])cc2[N+](=O)[O-])C[C@H]1OC(C)=O. The molecule has 0 aromatic heterocycles. The van der Waals surface area contributed by atoms with E-state index in [9.17, 15) is 34.6 Å². The molecule has 0 spiro atoms. The van der Waals surface area contributed by atoms with Crippen molar-refractivity contribution in [2.75, 3.05) is 0 Å². The minimum absolute atomic E-state index is 0.00948. The summed E-state index contributed by atoms with van der Waals surface area (Å²) in [6, 6.07) is 3.21. The maximum Gasteiger partial charge on any atom is 0.303 e. The fraction of sp³-hybridized carbons (Fsp3) is 0.500. The van der Waals surface area contributed by atoms with Crippen LogP contribution in [0.1, 0.15) is 33.6 Å². The molecule has 0 unspecified atom stereocenters. The number of nitro groups is 2. The minimum atomic E-state index is -0.866. The molecule has 31 heavy (non-hydrogen) atoms. The highest BCUT2D eigenvalue weighted by molar-refractivity contribution is 8.00. The van der Waals surface area contributed by atoms with Crippen molar-refractivity contribution in [3.63, 3.8) is 0 Å². The monoisotopic (exact) mass is 456 g/mol. The average molecular weight is 456 g/mol. The van der Waals surface area contributed by atoms with Crippen molar-refractivity contribution in [2.45, 2.75) is 62.1 Å². The Morgan fingerprint density at radius 3 is 1.87 bits per heavy atom. The van der Waals surface area contributed by atoms with Crippen LogP contribution in [0.15, 0.2) is 23.1 Å². The van der Waals surface area contributed by atoms with Gasteiger partial charge in [0.15, 0.2) is 0 Å². The van der Waals surface area contributed by atoms with Gasteiger partial charge in [-0.2, -0.15) is 0 Å². The Bertz CT molecular complexity index is 905. The molecule has 0 heterocycles. The summed E-state index contributed by atoms with van der Waals surface area (Å²) in [5.74, 6) is -1.83. The molecule has 0 radical (unpaired) electrons. The van der Waals surface area contributed by atoms with Crippen LogP contribution in [0.2, 0.25) is 0 Å². The lowest BCUT2D eigenvalue weighted by atomic mass is 9.91. The van der Waals surface area contributed by atoms with E-state index in [1.807, 2.05) is 0 Å². The van der Waals surface area contributed by atoms with Gasteiger partial charge < -0.3 is 14.2 Å². The second-order valence-corrected chi connectivity index (χ2v) is 8.02. The molecule has 12 nitrogen and oxygen atoms in total. The van der Waals surface area contributed by atoms with Gasteiger partial charge in [0.25, 0.3) is 11.4 Å². The summed E-state index contributed by atoms with van der Waals surface area (Å²) in [4.78, 5) is 55.5. The van der Waals surface area contributed by atoms with Gasteiger partial charge in [0, 0.05) is 39.7 Å². The molecule has 0 bridgehead atoms. The lowest BCUT2D eigenvalue weighted by Crippen LogP contribution is -2.48. The molecule has 0 saturated heterocycles. The van der Waals surface area contributed by atoms with E-state index in [1.54, 1.807) is 0 Å². The van der Waals surface area contributed by atoms with Crippen LogP contribution >= 0.6 is 11.8 Å². The Kier molecular flexibility index (Phi) is 7.91. The molecular weight excluding hydrogens is 436 g/mol. The zero-order valence-corrected chi connectivity index (χ0v) is 17.7. The summed E-state index contributed by atoms with van der Waals surface area (Å²) in [5.41, 5.74) is -0.920. The highest BCUT2D eigenvalue weighted by Gasteiger charge is 2.43. The Balaban J connectivity index is 2.38.